The first-order valence-electron chi connectivity index (χ1n) is 9.48. The van der Waals surface area contributed by atoms with Gasteiger partial charge < -0.3 is 21.1 Å². The lowest BCUT2D eigenvalue weighted by Gasteiger charge is -2.22. The average Bonchev–Trinajstić information content (AvgIpc) is 3.38. The van der Waals surface area contributed by atoms with Crippen LogP contribution >= 0.6 is 0 Å². The van der Waals surface area contributed by atoms with Gasteiger partial charge in [0.2, 0.25) is 0 Å². The molecule has 0 saturated heterocycles. The number of aromatic nitrogens is 4. The summed E-state index contributed by atoms with van der Waals surface area (Å²) in [5.41, 5.74) is 0.980. The van der Waals surface area contributed by atoms with Crippen molar-refractivity contribution in [3.05, 3.63) is 54.1 Å². The molecule has 3 heterocycles. The molecule has 10 heteroatoms. The van der Waals surface area contributed by atoms with Crippen molar-refractivity contribution in [2.24, 2.45) is 0 Å². The molecule has 30 heavy (non-hydrogen) atoms. The lowest BCUT2D eigenvalue weighted by Crippen LogP contribution is -2.42. The molecule has 0 bridgehead atoms. The molecule has 3 aromatic rings. The van der Waals surface area contributed by atoms with Crippen LogP contribution in [-0.2, 0) is 0 Å². The smallest absolute Gasteiger partial charge is 0.255 e. The van der Waals surface area contributed by atoms with Gasteiger partial charge in [0.05, 0.1) is 23.4 Å². The van der Waals surface area contributed by atoms with Crippen LogP contribution in [-0.4, -0.2) is 48.9 Å². The largest absolute Gasteiger partial charge is 0.387 e. The first kappa shape index (κ1) is 19.8. The van der Waals surface area contributed by atoms with E-state index in [-0.39, 0.29) is 12.1 Å². The molecule has 1 aliphatic carbocycles. The molecular weight excluding hydrogens is 389 g/mol. The third-order valence-electron chi connectivity index (χ3n) is 4.57. The Labute approximate surface area is 172 Å². The molecule has 0 radical (unpaired) electrons. The second-order valence-electron chi connectivity index (χ2n) is 7.58. The van der Waals surface area contributed by atoms with Crippen molar-refractivity contribution in [1.82, 2.24) is 24.9 Å². The number of fused-ring (bicyclic) bond motifs is 1. The van der Waals surface area contributed by atoms with Crippen LogP contribution in [0.5, 0.6) is 0 Å². The number of carbonyl (C=O) groups excluding carboxylic acids is 1. The summed E-state index contributed by atoms with van der Waals surface area (Å²) in [5, 5.41) is 22.9. The van der Waals surface area contributed by atoms with Crippen LogP contribution in [0.4, 0.5) is 21.7 Å². The third-order valence-corrected chi connectivity index (χ3v) is 4.57. The number of carbonyl (C=O) groups is 1. The Kier molecular flexibility index (Phi) is 5.08. The van der Waals surface area contributed by atoms with Crippen molar-refractivity contribution >= 4 is 28.9 Å². The predicted molar refractivity (Wildman–Crippen MR) is 110 cm³/mol. The maximum Gasteiger partial charge on any atom is 0.255 e. The molecule has 0 fully saturated rings. The van der Waals surface area contributed by atoms with Gasteiger partial charge in [0.15, 0.2) is 11.5 Å². The van der Waals surface area contributed by atoms with E-state index in [0.29, 0.717) is 17.3 Å². The highest BCUT2D eigenvalue weighted by Crippen LogP contribution is 2.27. The van der Waals surface area contributed by atoms with E-state index in [9.17, 15) is 14.3 Å². The highest BCUT2D eigenvalue weighted by molar-refractivity contribution is 6.00. The fourth-order valence-corrected chi connectivity index (χ4v) is 2.67. The molecule has 4 rings (SSSR count). The van der Waals surface area contributed by atoms with Gasteiger partial charge in [-0.1, -0.05) is 6.08 Å². The van der Waals surface area contributed by atoms with Gasteiger partial charge >= 0.3 is 0 Å². The standard InChI is InChI=1S/C20H22FN7O2/c1-20(2,30)15(21)11-24-19(29)13-10-23-17(9-14(13)25-12-3-4-12)26-16-5-6-18-22-7-8-28(18)27-16/h3,5-10,15,30H,4,11H2,1-2H3,(H,24,29)(H2,23,25,26,27)/t15-/m1/s1. The highest BCUT2D eigenvalue weighted by atomic mass is 19.1. The van der Waals surface area contributed by atoms with Crippen LogP contribution in [0.25, 0.3) is 5.65 Å². The zero-order chi connectivity index (χ0) is 21.3. The second-order valence-corrected chi connectivity index (χ2v) is 7.58. The first-order valence-corrected chi connectivity index (χ1v) is 9.48. The summed E-state index contributed by atoms with van der Waals surface area (Å²) in [4.78, 5) is 21.0. The molecule has 1 amide bonds. The number of allylic oxidation sites excluding steroid dienone is 2. The number of amides is 1. The Morgan fingerprint density at radius 3 is 2.83 bits per heavy atom. The number of rotatable bonds is 8. The Hall–Kier alpha value is -3.53. The summed E-state index contributed by atoms with van der Waals surface area (Å²) in [7, 11) is 0. The number of nitrogens with one attached hydrogen (secondary N) is 3. The maximum atomic E-state index is 14.0. The summed E-state index contributed by atoms with van der Waals surface area (Å²) >= 11 is 0. The Bertz CT molecular complexity index is 1120. The van der Waals surface area contributed by atoms with Crippen LogP contribution in [0.3, 0.4) is 0 Å². The van der Waals surface area contributed by atoms with Crippen molar-refractivity contribution < 1.29 is 14.3 Å². The van der Waals surface area contributed by atoms with Gasteiger partial charge in [0.25, 0.3) is 5.91 Å². The van der Waals surface area contributed by atoms with Crippen LogP contribution in [0.2, 0.25) is 0 Å². The SMILES string of the molecule is CC(C)(O)[C@H](F)CNC(=O)c1cnc(Nc2ccc3nccn3n2)cc1NC1=CC1. The molecule has 9 nitrogen and oxygen atoms in total. The normalized spacial score (nSPS) is 14.2. The molecule has 1 atom stereocenters. The molecule has 0 aromatic carbocycles. The molecular formula is C20H22FN7O2. The van der Waals surface area contributed by atoms with E-state index < -0.39 is 17.7 Å². The van der Waals surface area contributed by atoms with Crippen LogP contribution in [0, 0.1) is 0 Å². The molecule has 0 unspecified atom stereocenters. The molecule has 156 valence electrons. The van der Waals surface area contributed by atoms with Crippen molar-refractivity contribution in [3.8, 4) is 0 Å². The lowest BCUT2D eigenvalue weighted by atomic mass is 10.0. The number of aliphatic hydroxyl groups is 1. The van der Waals surface area contributed by atoms with E-state index in [1.807, 2.05) is 12.1 Å². The van der Waals surface area contributed by atoms with E-state index in [1.54, 1.807) is 29.0 Å². The quantitative estimate of drug-likeness (QED) is 0.450. The highest BCUT2D eigenvalue weighted by Gasteiger charge is 2.27. The predicted octanol–water partition coefficient (Wildman–Crippen LogP) is 2.41. The Morgan fingerprint density at radius 2 is 2.10 bits per heavy atom. The molecule has 0 spiro atoms. The van der Waals surface area contributed by atoms with Gasteiger partial charge in [-0.2, -0.15) is 0 Å². The van der Waals surface area contributed by atoms with Crippen LogP contribution in [0.15, 0.2) is 48.6 Å². The summed E-state index contributed by atoms with van der Waals surface area (Å²) < 4.78 is 15.6. The van der Waals surface area contributed by atoms with E-state index >= 15 is 0 Å². The van der Waals surface area contributed by atoms with Crippen LogP contribution < -0.4 is 16.0 Å². The molecule has 3 aromatic heterocycles. The Balaban J connectivity index is 1.52. The van der Waals surface area contributed by atoms with E-state index in [0.717, 1.165) is 17.8 Å². The molecule has 4 N–H and O–H groups in total. The maximum absolute atomic E-state index is 14.0. The van der Waals surface area contributed by atoms with E-state index in [2.05, 4.69) is 31.0 Å². The minimum atomic E-state index is -1.60. The summed E-state index contributed by atoms with van der Waals surface area (Å²) in [5.74, 6) is 0.567. The van der Waals surface area contributed by atoms with Crippen molar-refractivity contribution in [1.29, 1.82) is 0 Å². The van der Waals surface area contributed by atoms with Crippen molar-refractivity contribution in [3.63, 3.8) is 0 Å². The topological polar surface area (TPSA) is 116 Å². The fraction of sp³-hybridized carbons (Fsp3) is 0.300. The summed E-state index contributed by atoms with van der Waals surface area (Å²) in [6.07, 6.45) is 6.01. The number of anilines is 3. The Morgan fingerprint density at radius 1 is 1.30 bits per heavy atom. The van der Waals surface area contributed by atoms with Gasteiger partial charge in [-0.15, -0.1) is 5.10 Å². The van der Waals surface area contributed by atoms with Gasteiger partial charge in [0.1, 0.15) is 12.0 Å². The number of hydrogen-bond acceptors (Lipinski definition) is 7. The van der Waals surface area contributed by atoms with Crippen LogP contribution in [0.1, 0.15) is 30.6 Å². The monoisotopic (exact) mass is 411 g/mol. The average molecular weight is 411 g/mol. The zero-order valence-electron chi connectivity index (χ0n) is 16.6. The van der Waals surface area contributed by atoms with Gasteiger partial charge in [-0.25, -0.2) is 18.9 Å². The molecule has 1 aliphatic rings. The minimum absolute atomic E-state index is 0.273. The first-order chi connectivity index (χ1) is 14.3. The molecule has 0 aliphatic heterocycles. The van der Waals surface area contributed by atoms with Gasteiger partial charge in [-0.05, 0) is 26.0 Å². The second kappa shape index (κ2) is 7.71. The lowest BCUT2D eigenvalue weighted by molar-refractivity contribution is -0.00177. The van der Waals surface area contributed by atoms with E-state index in [4.69, 9.17) is 0 Å². The number of halogens is 1. The van der Waals surface area contributed by atoms with Crippen molar-refractivity contribution in [2.45, 2.75) is 32.0 Å². The third kappa shape index (κ3) is 4.54. The number of imidazole rings is 1. The van der Waals surface area contributed by atoms with Gasteiger partial charge in [-0.3, -0.25) is 4.79 Å². The molecule has 0 saturated carbocycles. The minimum Gasteiger partial charge on any atom is -0.387 e. The number of alkyl halides is 1. The summed E-state index contributed by atoms with van der Waals surface area (Å²) in [6.45, 7) is 2.40. The fourth-order valence-electron chi connectivity index (χ4n) is 2.67. The number of nitrogens with zero attached hydrogens (tertiary/aromatic N) is 4. The van der Waals surface area contributed by atoms with E-state index in [1.165, 1.54) is 20.0 Å². The van der Waals surface area contributed by atoms with Gasteiger partial charge in [0, 0.05) is 36.8 Å². The zero-order valence-corrected chi connectivity index (χ0v) is 16.6. The number of pyridine rings is 1. The number of hydrogen-bond donors (Lipinski definition) is 4. The summed E-state index contributed by atoms with van der Waals surface area (Å²) in [6, 6.07) is 5.29. The van der Waals surface area contributed by atoms with Crippen molar-refractivity contribution in [2.75, 3.05) is 17.2 Å².